The number of imidazole rings is 1. The largest absolute Gasteiger partial charge is 0.347 e. The lowest BCUT2D eigenvalue weighted by molar-refractivity contribution is 0.0934. The molecule has 2 heterocycles. The molecular weight excluding hydrogens is 344 g/mol. The molecule has 2 amide bonds. The summed E-state index contributed by atoms with van der Waals surface area (Å²) >= 11 is 0. The van der Waals surface area contributed by atoms with Crippen LogP contribution in [0.3, 0.4) is 0 Å². The number of ketones is 1. The lowest BCUT2D eigenvalue weighted by Gasteiger charge is -2.17. The van der Waals surface area contributed by atoms with Crippen molar-refractivity contribution in [2.24, 2.45) is 0 Å². The van der Waals surface area contributed by atoms with Crippen LogP contribution in [0.5, 0.6) is 0 Å². The smallest absolute Gasteiger partial charge is 0.287 e. The number of anilines is 1. The van der Waals surface area contributed by atoms with Crippen LogP contribution in [0.25, 0.3) is 0 Å². The average molecular weight is 366 g/mol. The van der Waals surface area contributed by atoms with Crippen molar-refractivity contribution in [3.63, 3.8) is 0 Å². The number of hydrogen-bond acceptors (Lipinski definition) is 4. The second-order valence-corrected chi connectivity index (χ2v) is 7.18. The fourth-order valence-corrected chi connectivity index (χ4v) is 3.38. The Balaban J connectivity index is 1.61. The molecule has 140 valence electrons. The molecule has 1 aliphatic heterocycles. The second kappa shape index (κ2) is 6.98. The van der Waals surface area contributed by atoms with Crippen molar-refractivity contribution in [3.8, 4) is 0 Å². The molecule has 1 aromatic carbocycles. The van der Waals surface area contributed by atoms with Gasteiger partial charge in [-0.05, 0) is 51.2 Å². The molecule has 27 heavy (non-hydrogen) atoms. The van der Waals surface area contributed by atoms with Crippen LogP contribution in [0, 0.1) is 0 Å². The third kappa shape index (κ3) is 3.63. The molecule has 2 N–H and O–H groups in total. The molecule has 0 atom stereocenters. The van der Waals surface area contributed by atoms with E-state index in [-0.39, 0.29) is 23.6 Å². The van der Waals surface area contributed by atoms with E-state index in [2.05, 4.69) is 15.6 Å². The van der Waals surface area contributed by atoms with E-state index < -0.39 is 0 Å². The Bertz CT molecular complexity index is 927. The summed E-state index contributed by atoms with van der Waals surface area (Å²) in [5.74, 6) is -0.311. The predicted octanol–water partition coefficient (Wildman–Crippen LogP) is 2.57. The van der Waals surface area contributed by atoms with Crippen LogP contribution in [0.15, 0.2) is 24.3 Å². The molecule has 7 heteroatoms. The zero-order valence-electron chi connectivity index (χ0n) is 15.2. The quantitative estimate of drug-likeness (QED) is 0.796. The first-order chi connectivity index (χ1) is 13.0. The summed E-state index contributed by atoms with van der Waals surface area (Å²) in [6.07, 6.45) is 4.66. The van der Waals surface area contributed by atoms with E-state index >= 15 is 0 Å². The Morgan fingerprint density at radius 1 is 1.15 bits per heavy atom. The van der Waals surface area contributed by atoms with Gasteiger partial charge in [-0.15, -0.1) is 0 Å². The minimum absolute atomic E-state index is 0.0653. The summed E-state index contributed by atoms with van der Waals surface area (Å²) in [5.41, 5.74) is 2.17. The topological polar surface area (TPSA) is 93.1 Å². The van der Waals surface area contributed by atoms with Crippen molar-refractivity contribution >= 4 is 23.3 Å². The molecule has 2 aromatic rings. The van der Waals surface area contributed by atoms with E-state index in [1.54, 1.807) is 24.3 Å². The lowest BCUT2D eigenvalue weighted by Crippen LogP contribution is -2.29. The first kappa shape index (κ1) is 17.5. The van der Waals surface area contributed by atoms with Gasteiger partial charge in [-0.3, -0.25) is 14.4 Å². The summed E-state index contributed by atoms with van der Waals surface area (Å²) in [5, 5.41) is 5.76. The standard InChI is InChI=1S/C20H22N4O3/c1-12(25)13-5-4-6-15(11-13)22-19(26)17-16-7-2-3-10-24(16)18(23-17)20(27)21-14-8-9-14/h4-6,11,14H,2-3,7-10H2,1H3,(H,21,27)(H,22,26). The van der Waals surface area contributed by atoms with Crippen LogP contribution < -0.4 is 10.6 Å². The molecule has 2 aliphatic rings. The first-order valence-electron chi connectivity index (χ1n) is 9.35. The summed E-state index contributed by atoms with van der Waals surface area (Å²) in [4.78, 5) is 41.3. The van der Waals surface area contributed by atoms with Gasteiger partial charge < -0.3 is 15.2 Å². The van der Waals surface area contributed by atoms with E-state index in [1.807, 2.05) is 4.57 Å². The van der Waals surface area contributed by atoms with Crippen LogP contribution in [0.2, 0.25) is 0 Å². The summed E-state index contributed by atoms with van der Waals surface area (Å²) in [7, 11) is 0. The minimum Gasteiger partial charge on any atom is -0.347 e. The van der Waals surface area contributed by atoms with Gasteiger partial charge in [0.25, 0.3) is 11.8 Å². The molecule has 1 aromatic heterocycles. The monoisotopic (exact) mass is 366 g/mol. The zero-order valence-corrected chi connectivity index (χ0v) is 15.2. The molecule has 7 nitrogen and oxygen atoms in total. The number of rotatable bonds is 5. The number of carbonyl (C=O) groups excluding carboxylic acids is 3. The number of nitrogens with zero attached hydrogens (tertiary/aromatic N) is 2. The van der Waals surface area contributed by atoms with E-state index in [9.17, 15) is 14.4 Å². The number of Topliss-reactive ketones (excluding diaryl/α,β-unsaturated/α-hetero) is 1. The third-order valence-corrected chi connectivity index (χ3v) is 4.98. The highest BCUT2D eigenvalue weighted by Gasteiger charge is 2.30. The van der Waals surface area contributed by atoms with Crippen molar-refractivity contribution in [1.82, 2.24) is 14.9 Å². The van der Waals surface area contributed by atoms with Gasteiger partial charge in [-0.25, -0.2) is 4.98 Å². The Kier molecular flexibility index (Phi) is 4.51. The maximum atomic E-state index is 12.8. The van der Waals surface area contributed by atoms with Crippen molar-refractivity contribution < 1.29 is 14.4 Å². The fraction of sp³-hybridized carbons (Fsp3) is 0.400. The number of fused-ring (bicyclic) bond motifs is 1. The number of amides is 2. The van der Waals surface area contributed by atoms with Crippen molar-refractivity contribution in [2.45, 2.75) is 51.6 Å². The van der Waals surface area contributed by atoms with Crippen molar-refractivity contribution in [2.75, 3.05) is 5.32 Å². The summed E-state index contributed by atoms with van der Waals surface area (Å²) in [6.45, 7) is 2.18. The fourth-order valence-electron chi connectivity index (χ4n) is 3.38. The first-order valence-corrected chi connectivity index (χ1v) is 9.35. The Morgan fingerprint density at radius 2 is 1.96 bits per heavy atom. The molecule has 0 bridgehead atoms. The third-order valence-electron chi connectivity index (χ3n) is 4.98. The van der Waals surface area contributed by atoms with Crippen LogP contribution >= 0.6 is 0 Å². The highest BCUT2D eigenvalue weighted by atomic mass is 16.2. The molecule has 0 radical (unpaired) electrons. The highest BCUT2D eigenvalue weighted by molar-refractivity contribution is 6.05. The van der Waals surface area contributed by atoms with Gasteiger partial charge in [0.1, 0.15) is 0 Å². The zero-order chi connectivity index (χ0) is 19.0. The number of benzene rings is 1. The molecule has 4 rings (SSSR count). The summed E-state index contributed by atoms with van der Waals surface area (Å²) in [6, 6.07) is 7.04. The van der Waals surface area contributed by atoms with E-state index in [4.69, 9.17) is 0 Å². The number of aromatic nitrogens is 2. The molecular formula is C20H22N4O3. The normalized spacial score (nSPS) is 15.7. The molecule has 0 unspecified atom stereocenters. The molecule has 0 spiro atoms. The van der Waals surface area contributed by atoms with Crippen molar-refractivity contribution in [3.05, 3.63) is 47.0 Å². The van der Waals surface area contributed by atoms with E-state index in [0.717, 1.165) is 37.8 Å². The highest BCUT2D eigenvalue weighted by Crippen LogP contribution is 2.24. The second-order valence-electron chi connectivity index (χ2n) is 7.18. The maximum absolute atomic E-state index is 12.8. The van der Waals surface area contributed by atoms with Crippen LogP contribution in [0.4, 0.5) is 5.69 Å². The Hall–Kier alpha value is -2.96. The molecule has 1 fully saturated rings. The van der Waals surface area contributed by atoms with Crippen molar-refractivity contribution in [1.29, 1.82) is 0 Å². The van der Waals surface area contributed by atoms with Gasteiger partial charge in [0.15, 0.2) is 17.3 Å². The molecule has 1 aliphatic carbocycles. The lowest BCUT2D eigenvalue weighted by atomic mass is 10.1. The Morgan fingerprint density at radius 3 is 2.70 bits per heavy atom. The minimum atomic E-state index is -0.355. The van der Waals surface area contributed by atoms with E-state index in [1.165, 1.54) is 6.92 Å². The number of carbonyl (C=O) groups is 3. The molecule has 0 saturated heterocycles. The maximum Gasteiger partial charge on any atom is 0.287 e. The van der Waals surface area contributed by atoms with Crippen LogP contribution in [-0.4, -0.2) is 33.2 Å². The Labute approximate surface area is 157 Å². The van der Waals surface area contributed by atoms with Gasteiger partial charge in [0.2, 0.25) is 0 Å². The van der Waals surface area contributed by atoms with Gasteiger partial charge in [-0.1, -0.05) is 12.1 Å². The van der Waals surface area contributed by atoms with Gasteiger partial charge in [-0.2, -0.15) is 0 Å². The SMILES string of the molecule is CC(=O)c1cccc(NC(=O)c2nc(C(=O)NC3CC3)n3c2CCCC3)c1. The van der Waals surface area contributed by atoms with Crippen LogP contribution in [0.1, 0.15) is 69.8 Å². The number of hydrogen-bond donors (Lipinski definition) is 2. The van der Waals surface area contributed by atoms with Gasteiger partial charge >= 0.3 is 0 Å². The average Bonchev–Trinajstić information content (AvgIpc) is 3.38. The van der Waals surface area contributed by atoms with E-state index in [0.29, 0.717) is 29.3 Å². The van der Waals surface area contributed by atoms with Crippen LogP contribution in [-0.2, 0) is 13.0 Å². The molecule has 1 saturated carbocycles. The predicted molar refractivity (Wildman–Crippen MR) is 100 cm³/mol. The van der Waals surface area contributed by atoms with Gasteiger partial charge in [0.05, 0.1) is 5.69 Å². The number of nitrogens with one attached hydrogen (secondary N) is 2. The summed E-state index contributed by atoms with van der Waals surface area (Å²) < 4.78 is 1.88. The van der Waals surface area contributed by atoms with Gasteiger partial charge in [0, 0.05) is 23.8 Å².